The predicted octanol–water partition coefficient (Wildman–Crippen LogP) is 3.78. The molecule has 1 aliphatic rings. The second-order valence-electron chi connectivity index (χ2n) is 7.30. The summed E-state index contributed by atoms with van der Waals surface area (Å²) in [7, 11) is -4.14. The summed E-state index contributed by atoms with van der Waals surface area (Å²) in [6.45, 7) is 2.23. The van der Waals surface area contributed by atoms with Crippen LogP contribution in [0.25, 0.3) is 0 Å². The third-order valence-corrected chi connectivity index (χ3v) is 7.48. The van der Waals surface area contributed by atoms with Crippen molar-refractivity contribution in [3.63, 3.8) is 0 Å². The van der Waals surface area contributed by atoms with Gasteiger partial charge in [0.1, 0.15) is 0 Å². The molecule has 31 heavy (non-hydrogen) atoms. The number of carbonyl (C=O) groups is 1. The number of halogens is 4. The molecule has 1 aliphatic heterocycles. The lowest BCUT2D eigenvalue weighted by Gasteiger charge is -2.30. The van der Waals surface area contributed by atoms with E-state index >= 15 is 0 Å². The van der Waals surface area contributed by atoms with Crippen molar-refractivity contribution in [2.24, 2.45) is 5.92 Å². The van der Waals surface area contributed by atoms with E-state index in [0.717, 1.165) is 27.7 Å². The molecular formula is C20H21ClF3N3O3S. The van der Waals surface area contributed by atoms with Crippen molar-refractivity contribution in [2.45, 2.75) is 37.4 Å². The molecule has 3 rings (SSSR count). The summed E-state index contributed by atoms with van der Waals surface area (Å²) in [5, 5.41) is 2.25. The molecular weight excluding hydrogens is 455 g/mol. The number of hydrogen-bond acceptors (Lipinski definition) is 4. The lowest BCUT2D eigenvalue weighted by Crippen LogP contribution is -2.43. The number of piperidine rings is 1. The van der Waals surface area contributed by atoms with Crippen molar-refractivity contribution >= 4 is 27.5 Å². The van der Waals surface area contributed by atoms with Crippen LogP contribution in [-0.4, -0.2) is 36.7 Å². The number of pyridine rings is 1. The number of aromatic nitrogens is 1. The van der Waals surface area contributed by atoms with E-state index in [0.29, 0.717) is 6.07 Å². The SMILES string of the molecule is Cc1cccnc1CNC(=O)C1CCN(S(=O)(=O)c2ccc(Cl)c(C(F)(F)F)c2)CC1. The number of carbonyl (C=O) groups excluding carboxylic acids is 1. The Hall–Kier alpha value is -2.17. The second-order valence-corrected chi connectivity index (χ2v) is 9.65. The topological polar surface area (TPSA) is 79.4 Å². The summed E-state index contributed by atoms with van der Waals surface area (Å²) < 4.78 is 66.0. The number of aryl methyl sites for hydroxylation is 1. The average Bonchev–Trinajstić information content (AvgIpc) is 2.72. The molecule has 6 nitrogen and oxygen atoms in total. The van der Waals surface area contributed by atoms with E-state index in [1.807, 2.05) is 13.0 Å². The molecule has 0 aliphatic carbocycles. The fraction of sp³-hybridized carbons (Fsp3) is 0.400. The molecule has 2 heterocycles. The second kappa shape index (κ2) is 9.13. The van der Waals surface area contributed by atoms with Crippen LogP contribution in [0.1, 0.15) is 29.7 Å². The number of hydrogen-bond donors (Lipinski definition) is 1. The molecule has 1 N–H and O–H groups in total. The molecule has 0 saturated carbocycles. The van der Waals surface area contributed by atoms with Gasteiger partial charge in [-0.3, -0.25) is 9.78 Å². The maximum atomic E-state index is 13.1. The van der Waals surface area contributed by atoms with Gasteiger partial charge in [0, 0.05) is 25.2 Å². The van der Waals surface area contributed by atoms with Gasteiger partial charge >= 0.3 is 6.18 Å². The van der Waals surface area contributed by atoms with Gasteiger partial charge in [-0.2, -0.15) is 17.5 Å². The summed E-state index contributed by atoms with van der Waals surface area (Å²) in [5.41, 5.74) is 0.498. The number of amides is 1. The molecule has 0 radical (unpaired) electrons. The largest absolute Gasteiger partial charge is 0.417 e. The Bertz CT molecular complexity index is 1070. The number of rotatable bonds is 5. The Labute approximate surface area is 183 Å². The first kappa shape index (κ1) is 23.5. The first-order valence-electron chi connectivity index (χ1n) is 9.55. The van der Waals surface area contributed by atoms with Crippen LogP contribution in [0.5, 0.6) is 0 Å². The molecule has 0 bridgehead atoms. The minimum atomic E-state index is -4.76. The Morgan fingerprint density at radius 2 is 1.94 bits per heavy atom. The van der Waals surface area contributed by atoms with Gasteiger partial charge in [0.2, 0.25) is 15.9 Å². The van der Waals surface area contributed by atoms with Crippen molar-refractivity contribution in [2.75, 3.05) is 13.1 Å². The predicted molar refractivity (Wildman–Crippen MR) is 109 cm³/mol. The number of nitrogens with zero attached hydrogens (tertiary/aromatic N) is 2. The van der Waals surface area contributed by atoms with E-state index in [1.165, 1.54) is 0 Å². The Kier molecular flexibility index (Phi) is 6.92. The highest BCUT2D eigenvalue weighted by Gasteiger charge is 2.37. The van der Waals surface area contributed by atoms with Gasteiger partial charge in [0.25, 0.3) is 0 Å². The normalized spacial score (nSPS) is 16.3. The number of benzene rings is 1. The van der Waals surface area contributed by atoms with Crippen molar-refractivity contribution in [1.82, 2.24) is 14.6 Å². The van der Waals surface area contributed by atoms with Crippen LogP contribution in [-0.2, 0) is 27.5 Å². The van der Waals surface area contributed by atoms with E-state index in [9.17, 15) is 26.4 Å². The standard InChI is InChI=1S/C20H21ClF3N3O3S/c1-13-3-2-8-25-18(13)12-26-19(28)14-6-9-27(10-7-14)31(29,30)15-4-5-17(21)16(11-15)20(22,23)24/h2-5,8,11,14H,6-7,9-10,12H2,1H3,(H,26,28). The Morgan fingerprint density at radius 1 is 1.26 bits per heavy atom. The van der Waals surface area contributed by atoms with Gasteiger partial charge in [-0.1, -0.05) is 17.7 Å². The number of nitrogens with one attached hydrogen (secondary N) is 1. The van der Waals surface area contributed by atoms with Crippen LogP contribution in [0.3, 0.4) is 0 Å². The lowest BCUT2D eigenvalue weighted by molar-refractivity contribution is -0.137. The van der Waals surface area contributed by atoms with Gasteiger partial charge in [-0.25, -0.2) is 8.42 Å². The third-order valence-electron chi connectivity index (χ3n) is 5.25. The van der Waals surface area contributed by atoms with Crippen LogP contribution in [0, 0.1) is 12.8 Å². The summed E-state index contributed by atoms with van der Waals surface area (Å²) in [6.07, 6.45) is -2.59. The molecule has 1 aromatic carbocycles. The fourth-order valence-electron chi connectivity index (χ4n) is 3.41. The summed E-state index contributed by atoms with van der Waals surface area (Å²) in [6, 6.07) is 6.22. The third kappa shape index (κ3) is 5.36. The maximum absolute atomic E-state index is 13.1. The van der Waals surface area contributed by atoms with E-state index in [-0.39, 0.29) is 44.3 Å². The quantitative estimate of drug-likeness (QED) is 0.713. The highest BCUT2D eigenvalue weighted by atomic mass is 35.5. The molecule has 1 aromatic heterocycles. The highest BCUT2D eigenvalue weighted by Crippen LogP contribution is 2.36. The molecule has 0 spiro atoms. The number of alkyl halides is 3. The molecule has 1 amide bonds. The van der Waals surface area contributed by atoms with Crippen LogP contribution in [0.2, 0.25) is 5.02 Å². The Balaban J connectivity index is 1.63. The van der Waals surface area contributed by atoms with Crippen LogP contribution in [0.15, 0.2) is 41.4 Å². The Morgan fingerprint density at radius 3 is 2.55 bits per heavy atom. The molecule has 11 heteroatoms. The zero-order valence-electron chi connectivity index (χ0n) is 16.6. The summed E-state index contributed by atoms with van der Waals surface area (Å²) in [5.74, 6) is -0.584. The molecule has 0 unspecified atom stereocenters. The smallest absolute Gasteiger partial charge is 0.350 e. The van der Waals surface area contributed by atoms with Gasteiger partial charge in [-0.15, -0.1) is 0 Å². The van der Waals surface area contributed by atoms with Gasteiger partial charge in [-0.05, 0) is 49.6 Å². The van der Waals surface area contributed by atoms with Gasteiger partial charge < -0.3 is 5.32 Å². The first-order chi connectivity index (χ1) is 14.5. The van der Waals surface area contributed by atoms with Crippen LogP contribution >= 0.6 is 11.6 Å². The monoisotopic (exact) mass is 475 g/mol. The first-order valence-corrected chi connectivity index (χ1v) is 11.4. The highest BCUT2D eigenvalue weighted by molar-refractivity contribution is 7.89. The molecule has 1 saturated heterocycles. The fourth-order valence-corrected chi connectivity index (χ4v) is 5.13. The van der Waals surface area contributed by atoms with E-state index in [2.05, 4.69) is 10.3 Å². The van der Waals surface area contributed by atoms with E-state index in [1.54, 1.807) is 12.3 Å². The molecule has 1 fully saturated rings. The minimum Gasteiger partial charge on any atom is -0.350 e. The van der Waals surface area contributed by atoms with Crippen molar-refractivity contribution in [3.05, 3.63) is 58.4 Å². The van der Waals surface area contributed by atoms with Gasteiger partial charge in [0.05, 0.1) is 27.7 Å². The van der Waals surface area contributed by atoms with Crippen LogP contribution in [0.4, 0.5) is 13.2 Å². The summed E-state index contributed by atoms with van der Waals surface area (Å²) >= 11 is 5.58. The van der Waals surface area contributed by atoms with Crippen LogP contribution < -0.4 is 5.32 Å². The molecule has 0 atom stereocenters. The summed E-state index contributed by atoms with van der Waals surface area (Å²) in [4.78, 5) is 16.2. The zero-order valence-corrected chi connectivity index (χ0v) is 18.2. The molecule has 168 valence electrons. The maximum Gasteiger partial charge on any atom is 0.417 e. The minimum absolute atomic E-state index is 0.0347. The van der Waals surface area contributed by atoms with Crippen molar-refractivity contribution < 1.29 is 26.4 Å². The van der Waals surface area contributed by atoms with E-state index < -0.39 is 31.7 Å². The zero-order chi connectivity index (χ0) is 22.8. The molecule has 2 aromatic rings. The number of sulfonamides is 1. The average molecular weight is 476 g/mol. The van der Waals surface area contributed by atoms with E-state index in [4.69, 9.17) is 11.6 Å². The lowest BCUT2D eigenvalue weighted by atomic mass is 9.97. The van der Waals surface area contributed by atoms with Crippen molar-refractivity contribution in [1.29, 1.82) is 0 Å². The van der Waals surface area contributed by atoms with Crippen molar-refractivity contribution in [3.8, 4) is 0 Å². The van der Waals surface area contributed by atoms with Gasteiger partial charge in [0.15, 0.2) is 0 Å².